The Kier molecular flexibility index (Phi) is 5.05. The summed E-state index contributed by atoms with van der Waals surface area (Å²) in [7, 11) is 0. The molecular formula is C10H15ClIN3. The summed E-state index contributed by atoms with van der Waals surface area (Å²) >= 11 is 8.26. The van der Waals surface area contributed by atoms with Crippen LogP contribution in [0.4, 0.5) is 5.95 Å². The van der Waals surface area contributed by atoms with Crippen LogP contribution in [-0.4, -0.2) is 23.1 Å². The largest absolute Gasteiger partial charge is 0.341 e. The van der Waals surface area contributed by atoms with Gasteiger partial charge in [0, 0.05) is 13.1 Å². The van der Waals surface area contributed by atoms with Gasteiger partial charge in [-0.2, -0.15) is 4.98 Å². The summed E-state index contributed by atoms with van der Waals surface area (Å²) in [5, 5.41) is 0.560. The van der Waals surface area contributed by atoms with E-state index >= 15 is 0 Å². The van der Waals surface area contributed by atoms with E-state index in [1.165, 1.54) is 0 Å². The molecule has 15 heavy (non-hydrogen) atoms. The van der Waals surface area contributed by atoms with Gasteiger partial charge >= 0.3 is 0 Å². The average Bonchev–Trinajstić information content (AvgIpc) is 2.24. The number of anilines is 1. The first-order chi connectivity index (χ1) is 7.13. The molecule has 0 saturated carbocycles. The summed E-state index contributed by atoms with van der Waals surface area (Å²) in [5.74, 6) is 0.738. The maximum Gasteiger partial charge on any atom is 0.227 e. The van der Waals surface area contributed by atoms with E-state index in [2.05, 4.69) is 58.2 Å². The summed E-state index contributed by atoms with van der Waals surface area (Å²) in [6.07, 6.45) is 0.884. The molecule has 0 aliphatic rings. The highest BCUT2D eigenvalue weighted by molar-refractivity contribution is 14.1. The van der Waals surface area contributed by atoms with Gasteiger partial charge < -0.3 is 4.90 Å². The van der Waals surface area contributed by atoms with Crippen molar-refractivity contribution in [2.75, 3.05) is 18.0 Å². The zero-order valence-corrected chi connectivity index (χ0v) is 12.1. The third kappa shape index (κ3) is 2.93. The molecule has 5 heteroatoms. The molecular weight excluding hydrogens is 324 g/mol. The van der Waals surface area contributed by atoms with Gasteiger partial charge in [0.15, 0.2) is 0 Å². The van der Waals surface area contributed by atoms with E-state index < -0.39 is 0 Å². The molecule has 0 bridgehead atoms. The second kappa shape index (κ2) is 5.84. The lowest BCUT2D eigenvalue weighted by Gasteiger charge is -2.19. The van der Waals surface area contributed by atoms with Crippen LogP contribution in [0, 0.1) is 3.57 Å². The van der Waals surface area contributed by atoms with E-state index in [-0.39, 0.29) is 0 Å². The van der Waals surface area contributed by atoms with E-state index in [4.69, 9.17) is 11.6 Å². The highest BCUT2D eigenvalue weighted by atomic mass is 127. The Morgan fingerprint density at radius 3 is 2.27 bits per heavy atom. The van der Waals surface area contributed by atoms with E-state index in [1.807, 2.05) is 0 Å². The summed E-state index contributed by atoms with van der Waals surface area (Å²) < 4.78 is 0.965. The van der Waals surface area contributed by atoms with Crippen molar-refractivity contribution in [3.63, 3.8) is 0 Å². The normalized spacial score (nSPS) is 10.5. The molecule has 1 rings (SSSR count). The van der Waals surface area contributed by atoms with Crippen LogP contribution in [0.2, 0.25) is 5.15 Å². The number of aryl methyl sites for hydroxylation is 1. The van der Waals surface area contributed by atoms with Gasteiger partial charge in [-0.3, -0.25) is 0 Å². The van der Waals surface area contributed by atoms with Crippen molar-refractivity contribution in [3.05, 3.63) is 14.4 Å². The Bertz CT molecular complexity index is 340. The van der Waals surface area contributed by atoms with Gasteiger partial charge in [0.25, 0.3) is 0 Å². The van der Waals surface area contributed by atoms with E-state index in [0.29, 0.717) is 5.15 Å². The maximum absolute atomic E-state index is 6.07. The first-order valence-electron chi connectivity index (χ1n) is 5.10. The van der Waals surface area contributed by atoms with Gasteiger partial charge in [0.1, 0.15) is 5.15 Å². The second-order valence-electron chi connectivity index (χ2n) is 3.10. The van der Waals surface area contributed by atoms with Gasteiger partial charge in [0.2, 0.25) is 5.95 Å². The van der Waals surface area contributed by atoms with Crippen LogP contribution in [0.3, 0.4) is 0 Å². The minimum Gasteiger partial charge on any atom is -0.341 e. The molecule has 0 amide bonds. The van der Waals surface area contributed by atoms with Gasteiger partial charge in [-0.1, -0.05) is 18.5 Å². The van der Waals surface area contributed by atoms with Gasteiger partial charge in [-0.25, -0.2) is 4.98 Å². The third-order valence-corrected chi connectivity index (χ3v) is 3.97. The topological polar surface area (TPSA) is 29.0 Å². The molecule has 0 aliphatic heterocycles. The van der Waals surface area contributed by atoms with Crippen LogP contribution in [0.1, 0.15) is 26.5 Å². The van der Waals surface area contributed by atoms with Crippen LogP contribution < -0.4 is 4.90 Å². The predicted octanol–water partition coefficient (Wildman–Crippen LogP) is 3.14. The fraction of sp³-hybridized carbons (Fsp3) is 0.600. The molecule has 1 aromatic rings. The number of hydrogen-bond acceptors (Lipinski definition) is 3. The van der Waals surface area contributed by atoms with Crippen molar-refractivity contribution in [2.45, 2.75) is 27.2 Å². The number of halogens is 2. The molecule has 0 saturated heterocycles. The molecule has 3 nitrogen and oxygen atoms in total. The lowest BCUT2D eigenvalue weighted by molar-refractivity contribution is 0.807. The van der Waals surface area contributed by atoms with Crippen LogP contribution in [0.25, 0.3) is 0 Å². The smallest absolute Gasteiger partial charge is 0.227 e. The van der Waals surface area contributed by atoms with Gasteiger partial charge in [0.05, 0.1) is 9.26 Å². The quantitative estimate of drug-likeness (QED) is 0.623. The minimum atomic E-state index is 0.560. The fourth-order valence-electron chi connectivity index (χ4n) is 1.33. The van der Waals surface area contributed by atoms with Crippen LogP contribution in [0.15, 0.2) is 0 Å². The van der Waals surface area contributed by atoms with Crippen LogP contribution in [0.5, 0.6) is 0 Å². The average molecular weight is 340 g/mol. The predicted molar refractivity (Wildman–Crippen MR) is 72.7 cm³/mol. The molecule has 0 unspecified atom stereocenters. The lowest BCUT2D eigenvalue weighted by atomic mass is 10.3. The summed E-state index contributed by atoms with van der Waals surface area (Å²) in [4.78, 5) is 10.9. The Balaban J connectivity index is 3.15. The second-order valence-corrected chi connectivity index (χ2v) is 4.54. The van der Waals surface area contributed by atoms with Crippen molar-refractivity contribution < 1.29 is 0 Å². The standard InChI is InChI=1S/C10H15ClIN3/c1-4-7-8(12)9(11)14-10(13-7)15(5-2)6-3/h4-6H2,1-3H3. The SMILES string of the molecule is CCc1nc(N(CC)CC)nc(Cl)c1I. The zero-order valence-electron chi connectivity index (χ0n) is 9.22. The Labute approximate surface area is 109 Å². The molecule has 0 aromatic carbocycles. The van der Waals surface area contributed by atoms with E-state index in [1.54, 1.807) is 0 Å². The Hall–Kier alpha value is -0.100. The van der Waals surface area contributed by atoms with Gasteiger partial charge in [-0.15, -0.1) is 0 Å². The molecule has 0 fully saturated rings. The first kappa shape index (κ1) is 13.0. The van der Waals surface area contributed by atoms with Gasteiger partial charge in [-0.05, 0) is 42.9 Å². The van der Waals surface area contributed by atoms with Crippen molar-refractivity contribution in [3.8, 4) is 0 Å². The number of nitrogens with zero attached hydrogens (tertiary/aromatic N) is 3. The van der Waals surface area contributed by atoms with Crippen molar-refractivity contribution in [1.82, 2.24) is 9.97 Å². The molecule has 0 radical (unpaired) electrons. The van der Waals surface area contributed by atoms with Crippen LogP contribution >= 0.6 is 34.2 Å². The minimum absolute atomic E-state index is 0.560. The van der Waals surface area contributed by atoms with Crippen molar-refractivity contribution in [2.24, 2.45) is 0 Å². The molecule has 0 atom stereocenters. The molecule has 0 N–H and O–H groups in total. The summed E-state index contributed by atoms with van der Waals surface area (Å²) in [6, 6.07) is 0. The Morgan fingerprint density at radius 1 is 1.20 bits per heavy atom. The number of rotatable bonds is 4. The molecule has 0 aliphatic carbocycles. The number of aromatic nitrogens is 2. The highest BCUT2D eigenvalue weighted by Gasteiger charge is 2.12. The molecule has 1 heterocycles. The summed E-state index contributed by atoms with van der Waals surface area (Å²) in [5.41, 5.74) is 1.03. The number of hydrogen-bond donors (Lipinski definition) is 0. The fourth-order valence-corrected chi connectivity index (χ4v) is 2.14. The molecule has 0 spiro atoms. The van der Waals surface area contributed by atoms with E-state index in [0.717, 1.165) is 34.7 Å². The molecule has 1 aromatic heterocycles. The monoisotopic (exact) mass is 339 g/mol. The molecule has 84 valence electrons. The van der Waals surface area contributed by atoms with Crippen molar-refractivity contribution in [1.29, 1.82) is 0 Å². The lowest BCUT2D eigenvalue weighted by Crippen LogP contribution is -2.25. The zero-order chi connectivity index (χ0) is 11.4. The highest BCUT2D eigenvalue weighted by Crippen LogP contribution is 2.22. The van der Waals surface area contributed by atoms with Crippen LogP contribution in [-0.2, 0) is 6.42 Å². The third-order valence-electron chi connectivity index (χ3n) is 2.25. The summed E-state index contributed by atoms with van der Waals surface area (Å²) in [6.45, 7) is 8.05. The van der Waals surface area contributed by atoms with E-state index in [9.17, 15) is 0 Å². The maximum atomic E-state index is 6.07. The van der Waals surface area contributed by atoms with Crippen molar-refractivity contribution >= 4 is 40.1 Å². The first-order valence-corrected chi connectivity index (χ1v) is 6.56. The Morgan fingerprint density at radius 2 is 1.80 bits per heavy atom.